The minimum absolute atomic E-state index is 0.176. The predicted molar refractivity (Wildman–Crippen MR) is 80.5 cm³/mol. The predicted octanol–water partition coefficient (Wildman–Crippen LogP) is 2.58. The van der Waals surface area contributed by atoms with Gasteiger partial charge in [0.15, 0.2) is 0 Å². The Balaban J connectivity index is 2.15. The summed E-state index contributed by atoms with van der Waals surface area (Å²) in [6, 6.07) is 4.17. The minimum Gasteiger partial charge on any atom is -0.329 e. The third-order valence-electron chi connectivity index (χ3n) is 3.20. The van der Waals surface area contributed by atoms with E-state index in [9.17, 15) is 0 Å². The molecule has 0 aliphatic heterocycles. The molecular formula is C13H19ClN4S. The van der Waals surface area contributed by atoms with Crippen LogP contribution in [0.25, 0.3) is 0 Å². The van der Waals surface area contributed by atoms with Gasteiger partial charge in [0.2, 0.25) is 0 Å². The van der Waals surface area contributed by atoms with Gasteiger partial charge in [-0.1, -0.05) is 11.6 Å². The molecule has 2 aromatic heterocycles. The molecule has 4 nitrogen and oxygen atoms in total. The molecule has 0 aliphatic rings. The van der Waals surface area contributed by atoms with Crippen LogP contribution in [0.15, 0.2) is 18.3 Å². The van der Waals surface area contributed by atoms with Crippen molar-refractivity contribution in [3.63, 3.8) is 0 Å². The molecule has 0 spiro atoms. The van der Waals surface area contributed by atoms with E-state index in [0.717, 1.165) is 16.6 Å². The Kier molecular flexibility index (Phi) is 4.62. The highest BCUT2D eigenvalue weighted by Crippen LogP contribution is 2.26. The summed E-state index contributed by atoms with van der Waals surface area (Å²) in [7, 11) is 4.01. The van der Waals surface area contributed by atoms with E-state index in [2.05, 4.69) is 23.1 Å². The van der Waals surface area contributed by atoms with Gasteiger partial charge in [0.1, 0.15) is 0 Å². The van der Waals surface area contributed by atoms with Gasteiger partial charge in [0.25, 0.3) is 0 Å². The Bertz CT molecular complexity index is 549. The molecule has 19 heavy (non-hydrogen) atoms. The van der Waals surface area contributed by atoms with E-state index >= 15 is 0 Å². The molecule has 2 N–H and O–H groups in total. The monoisotopic (exact) mass is 298 g/mol. The standard InChI is InChI=1S/C13H19ClN4S/c1-9-11(8-18(3)16-9)12(6-15)17(2)7-10-4-5-13(14)19-10/h4-5,8,12H,6-7,15H2,1-3H3. The number of hydrogen-bond acceptors (Lipinski definition) is 4. The number of halogens is 1. The van der Waals surface area contributed by atoms with E-state index in [4.69, 9.17) is 17.3 Å². The average Bonchev–Trinajstić information content (AvgIpc) is 2.87. The molecule has 6 heteroatoms. The molecule has 1 unspecified atom stereocenters. The SMILES string of the molecule is Cc1nn(C)cc1C(CN)N(C)Cc1ccc(Cl)s1. The fraction of sp³-hybridized carbons (Fsp3) is 0.462. The van der Waals surface area contributed by atoms with Crippen molar-refractivity contribution < 1.29 is 0 Å². The zero-order valence-electron chi connectivity index (χ0n) is 11.4. The van der Waals surface area contributed by atoms with Gasteiger partial charge in [-0.2, -0.15) is 5.10 Å². The van der Waals surface area contributed by atoms with Crippen LogP contribution in [-0.4, -0.2) is 28.3 Å². The summed E-state index contributed by atoms with van der Waals surface area (Å²) in [6.45, 7) is 3.43. The van der Waals surface area contributed by atoms with Gasteiger partial charge in [-0.25, -0.2) is 0 Å². The highest BCUT2D eigenvalue weighted by atomic mass is 35.5. The molecule has 0 amide bonds. The van der Waals surface area contributed by atoms with Crippen molar-refractivity contribution in [3.05, 3.63) is 38.8 Å². The quantitative estimate of drug-likeness (QED) is 0.923. The Morgan fingerprint density at radius 2 is 2.26 bits per heavy atom. The maximum absolute atomic E-state index is 5.96. The second-order valence-electron chi connectivity index (χ2n) is 4.72. The Labute approximate surface area is 122 Å². The Morgan fingerprint density at radius 3 is 2.74 bits per heavy atom. The van der Waals surface area contributed by atoms with Crippen LogP contribution < -0.4 is 5.73 Å². The van der Waals surface area contributed by atoms with Gasteiger partial charge >= 0.3 is 0 Å². The zero-order chi connectivity index (χ0) is 14.0. The van der Waals surface area contributed by atoms with Crippen molar-refractivity contribution >= 4 is 22.9 Å². The fourth-order valence-corrected chi connectivity index (χ4v) is 3.43. The maximum Gasteiger partial charge on any atom is 0.0931 e. The first-order valence-electron chi connectivity index (χ1n) is 6.16. The summed E-state index contributed by atoms with van der Waals surface area (Å²) in [5.74, 6) is 0. The molecule has 2 rings (SSSR count). The van der Waals surface area contributed by atoms with Gasteiger partial charge < -0.3 is 5.73 Å². The second-order valence-corrected chi connectivity index (χ2v) is 6.52. The Hall–Kier alpha value is -0.880. The first-order valence-corrected chi connectivity index (χ1v) is 7.35. The molecule has 0 bridgehead atoms. The van der Waals surface area contributed by atoms with E-state index < -0.39 is 0 Å². The van der Waals surface area contributed by atoms with Crippen LogP contribution in [0.1, 0.15) is 22.2 Å². The lowest BCUT2D eigenvalue weighted by atomic mass is 10.1. The van der Waals surface area contributed by atoms with Crippen LogP contribution in [0.5, 0.6) is 0 Å². The molecule has 1 atom stereocenters. The smallest absolute Gasteiger partial charge is 0.0931 e. The van der Waals surface area contributed by atoms with Crippen molar-refractivity contribution in [1.29, 1.82) is 0 Å². The summed E-state index contributed by atoms with van der Waals surface area (Å²) in [4.78, 5) is 3.49. The summed E-state index contributed by atoms with van der Waals surface area (Å²) in [5, 5.41) is 4.39. The largest absolute Gasteiger partial charge is 0.329 e. The van der Waals surface area contributed by atoms with E-state index in [1.54, 1.807) is 11.3 Å². The normalized spacial score (nSPS) is 13.2. The molecule has 0 fully saturated rings. The van der Waals surface area contributed by atoms with Crippen LogP contribution in [-0.2, 0) is 13.6 Å². The Morgan fingerprint density at radius 1 is 1.53 bits per heavy atom. The lowest BCUT2D eigenvalue weighted by Crippen LogP contribution is -2.30. The third kappa shape index (κ3) is 3.36. The topological polar surface area (TPSA) is 47.1 Å². The number of nitrogens with zero attached hydrogens (tertiary/aromatic N) is 3. The van der Waals surface area contributed by atoms with Crippen molar-refractivity contribution in [2.75, 3.05) is 13.6 Å². The molecule has 0 saturated heterocycles. The molecular weight excluding hydrogens is 280 g/mol. The number of hydrogen-bond donors (Lipinski definition) is 1. The average molecular weight is 299 g/mol. The first kappa shape index (κ1) is 14.5. The van der Waals surface area contributed by atoms with Crippen LogP contribution >= 0.6 is 22.9 Å². The number of aryl methyl sites for hydroxylation is 2. The maximum atomic E-state index is 5.96. The third-order valence-corrected chi connectivity index (χ3v) is 4.42. The molecule has 2 heterocycles. The highest BCUT2D eigenvalue weighted by Gasteiger charge is 2.20. The first-order chi connectivity index (χ1) is 9.01. The number of rotatable bonds is 5. The molecule has 0 saturated carbocycles. The fourth-order valence-electron chi connectivity index (χ4n) is 2.28. The van der Waals surface area contributed by atoms with Gasteiger partial charge in [0.05, 0.1) is 16.1 Å². The van der Waals surface area contributed by atoms with Gasteiger partial charge in [-0.3, -0.25) is 9.58 Å². The van der Waals surface area contributed by atoms with Crippen LogP contribution in [0.2, 0.25) is 4.34 Å². The molecule has 2 aromatic rings. The molecule has 0 aliphatic carbocycles. The number of thiophene rings is 1. The van der Waals surface area contributed by atoms with E-state index in [1.165, 1.54) is 10.4 Å². The van der Waals surface area contributed by atoms with Crippen molar-refractivity contribution in [1.82, 2.24) is 14.7 Å². The molecule has 104 valence electrons. The lowest BCUT2D eigenvalue weighted by molar-refractivity contribution is 0.243. The second kappa shape index (κ2) is 6.05. The van der Waals surface area contributed by atoms with Crippen molar-refractivity contribution in [2.24, 2.45) is 12.8 Å². The van der Waals surface area contributed by atoms with Gasteiger partial charge in [-0.15, -0.1) is 11.3 Å². The number of likely N-dealkylation sites (N-methyl/N-ethyl adjacent to an activating group) is 1. The summed E-state index contributed by atoms with van der Waals surface area (Å²) in [6.07, 6.45) is 2.05. The zero-order valence-corrected chi connectivity index (χ0v) is 13.0. The van der Waals surface area contributed by atoms with Crippen LogP contribution in [0.3, 0.4) is 0 Å². The summed E-state index contributed by atoms with van der Waals surface area (Å²) < 4.78 is 2.66. The number of nitrogens with two attached hydrogens (primary N) is 1. The molecule has 0 radical (unpaired) electrons. The van der Waals surface area contributed by atoms with E-state index in [1.807, 2.05) is 30.9 Å². The van der Waals surface area contributed by atoms with Crippen molar-refractivity contribution in [3.8, 4) is 0 Å². The van der Waals surface area contributed by atoms with Gasteiger partial charge in [0, 0.05) is 36.8 Å². The number of aromatic nitrogens is 2. The van der Waals surface area contributed by atoms with E-state index in [0.29, 0.717) is 6.54 Å². The summed E-state index contributed by atoms with van der Waals surface area (Å²) in [5.41, 5.74) is 8.17. The van der Waals surface area contributed by atoms with Crippen LogP contribution in [0.4, 0.5) is 0 Å². The van der Waals surface area contributed by atoms with Crippen LogP contribution in [0, 0.1) is 6.92 Å². The highest BCUT2D eigenvalue weighted by molar-refractivity contribution is 7.16. The summed E-state index contributed by atoms with van der Waals surface area (Å²) >= 11 is 7.58. The minimum atomic E-state index is 0.176. The van der Waals surface area contributed by atoms with Crippen molar-refractivity contribution in [2.45, 2.75) is 19.5 Å². The molecule has 0 aromatic carbocycles. The lowest BCUT2D eigenvalue weighted by Gasteiger charge is -2.26. The van der Waals surface area contributed by atoms with Gasteiger partial charge in [-0.05, 0) is 26.1 Å². The van der Waals surface area contributed by atoms with E-state index in [-0.39, 0.29) is 6.04 Å².